The third kappa shape index (κ3) is 3.73. The largest absolute Gasteiger partial charge is 0.486 e. The van der Waals surface area contributed by atoms with Gasteiger partial charge in [0.15, 0.2) is 11.5 Å². The zero-order chi connectivity index (χ0) is 18.8. The second-order valence-corrected chi connectivity index (χ2v) is 7.39. The quantitative estimate of drug-likeness (QED) is 0.553. The Labute approximate surface area is 171 Å². The van der Waals surface area contributed by atoms with Crippen molar-refractivity contribution in [2.75, 3.05) is 18.9 Å². The van der Waals surface area contributed by atoms with E-state index in [1.807, 2.05) is 42.5 Å². The van der Waals surface area contributed by atoms with Gasteiger partial charge in [-0.05, 0) is 58.5 Å². The van der Waals surface area contributed by atoms with E-state index in [-0.39, 0.29) is 0 Å². The number of nitrogen functional groups attached to an aromatic ring is 1. The predicted molar refractivity (Wildman–Crippen MR) is 114 cm³/mol. The average Bonchev–Trinajstić information content (AvgIpc) is 3.07. The molecule has 2 aromatic carbocycles. The van der Waals surface area contributed by atoms with E-state index in [2.05, 4.69) is 39.6 Å². The minimum atomic E-state index is 0.552. The normalized spacial score (nSPS) is 12.6. The van der Waals surface area contributed by atoms with E-state index in [1.165, 1.54) is 0 Å². The molecule has 1 aromatic heterocycles. The molecule has 0 fully saturated rings. The summed E-state index contributed by atoms with van der Waals surface area (Å²) in [5, 5.41) is 7.73. The first kappa shape index (κ1) is 17.7. The Bertz CT molecular complexity index is 999. The Balaban J connectivity index is 1.47. The molecular weight excluding hydrogens is 455 g/mol. The van der Waals surface area contributed by atoms with E-state index in [4.69, 9.17) is 15.2 Å². The molecule has 0 atom stereocenters. The lowest BCUT2D eigenvalue weighted by Gasteiger charge is -2.19. The van der Waals surface area contributed by atoms with Crippen LogP contribution >= 0.6 is 22.6 Å². The summed E-state index contributed by atoms with van der Waals surface area (Å²) in [6.07, 6.45) is 1.73. The third-order valence-corrected chi connectivity index (χ3v) is 4.97. The van der Waals surface area contributed by atoms with Crippen LogP contribution in [0.1, 0.15) is 11.1 Å². The Kier molecular flexibility index (Phi) is 4.93. The maximum absolute atomic E-state index is 6.31. The first-order valence-corrected chi connectivity index (χ1v) is 9.61. The summed E-state index contributed by atoms with van der Waals surface area (Å²) in [5.74, 6) is 2.11. The molecule has 0 unspecified atom stereocenters. The van der Waals surface area contributed by atoms with Gasteiger partial charge >= 0.3 is 0 Å². The van der Waals surface area contributed by atoms with E-state index >= 15 is 0 Å². The summed E-state index contributed by atoms with van der Waals surface area (Å²) in [7, 11) is 0. The summed E-state index contributed by atoms with van der Waals surface area (Å²) in [5.41, 5.74) is 9.81. The average molecular weight is 474 g/mol. The Morgan fingerprint density at radius 3 is 2.81 bits per heavy atom. The van der Waals surface area contributed by atoms with E-state index in [0.29, 0.717) is 25.6 Å². The van der Waals surface area contributed by atoms with Gasteiger partial charge in [-0.2, -0.15) is 5.10 Å². The molecule has 3 aromatic rings. The van der Waals surface area contributed by atoms with Gasteiger partial charge in [0.05, 0.1) is 17.4 Å². The fraction of sp³-hybridized carbons (Fsp3) is 0.150. The fourth-order valence-corrected chi connectivity index (χ4v) is 3.43. The maximum atomic E-state index is 6.31. The topological polar surface area (TPSA) is 74.3 Å². The first-order chi connectivity index (χ1) is 13.1. The number of hydrogen-bond acceptors (Lipinski definition) is 5. The number of rotatable bonds is 5. The molecule has 0 saturated heterocycles. The summed E-state index contributed by atoms with van der Waals surface area (Å²) >= 11 is 2.27. The molecule has 27 heavy (non-hydrogen) atoms. The number of nitrogens with zero attached hydrogens (tertiary/aromatic N) is 2. The number of hydrogen-bond donors (Lipinski definition) is 2. The fourth-order valence-electron chi connectivity index (χ4n) is 2.91. The monoisotopic (exact) mass is 474 g/mol. The standard InChI is InChI=1S/C20H19IN4O2/c1-13(23-11-14-5-6-18-19(9-14)27-8-7-26-18)17-12-24-25(20(17)22)16-4-2-3-15(21)10-16/h2-6,9-10,12,23H,1,7-8,11,22H2. The molecule has 0 bridgehead atoms. The zero-order valence-corrected chi connectivity index (χ0v) is 16.8. The molecular formula is C20H19IN4O2. The number of halogens is 1. The van der Waals surface area contributed by atoms with Crippen molar-refractivity contribution in [3.05, 3.63) is 69.9 Å². The van der Waals surface area contributed by atoms with Crippen molar-refractivity contribution in [3.63, 3.8) is 0 Å². The van der Waals surface area contributed by atoms with E-state index in [1.54, 1.807) is 10.9 Å². The lowest BCUT2D eigenvalue weighted by Crippen LogP contribution is -2.16. The molecule has 0 saturated carbocycles. The number of aromatic nitrogens is 2. The van der Waals surface area contributed by atoms with E-state index < -0.39 is 0 Å². The number of nitrogens with two attached hydrogens (primary N) is 1. The highest BCUT2D eigenvalue weighted by Crippen LogP contribution is 2.31. The number of benzene rings is 2. The smallest absolute Gasteiger partial charge is 0.161 e. The van der Waals surface area contributed by atoms with Crippen LogP contribution in [0.25, 0.3) is 11.4 Å². The second-order valence-electron chi connectivity index (χ2n) is 6.15. The molecule has 0 spiro atoms. The van der Waals surface area contributed by atoms with Crippen molar-refractivity contribution in [3.8, 4) is 17.2 Å². The van der Waals surface area contributed by atoms with E-state index in [9.17, 15) is 0 Å². The van der Waals surface area contributed by atoms with Crippen LogP contribution in [0.15, 0.2) is 55.2 Å². The highest BCUT2D eigenvalue weighted by molar-refractivity contribution is 14.1. The molecule has 0 amide bonds. The van der Waals surface area contributed by atoms with Crippen molar-refractivity contribution in [2.24, 2.45) is 0 Å². The lowest BCUT2D eigenvalue weighted by molar-refractivity contribution is 0.171. The molecule has 138 valence electrons. The minimum Gasteiger partial charge on any atom is -0.486 e. The third-order valence-electron chi connectivity index (χ3n) is 4.30. The Hall–Kier alpha value is -2.68. The van der Waals surface area contributed by atoms with Gasteiger partial charge in [-0.15, -0.1) is 0 Å². The van der Waals surface area contributed by atoms with Crippen LogP contribution in [0.2, 0.25) is 0 Å². The van der Waals surface area contributed by atoms with Crippen molar-refractivity contribution in [1.82, 2.24) is 15.1 Å². The van der Waals surface area contributed by atoms with E-state index in [0.717, 1.165) is 37.6 Å². The number of nitrogens with one attached hydrogen (secondary N) is 1. The van der Waals surface area contributed by atoms with Gasteiger partial charge in [-0.25, -0.2) is 4.68 Å². The number of ether oxygens (including phenoxy) is 2. The van der Waals surface area contributed by atoms with Crippen LogP contribution in [0.5, 0.6) is 11.5 Å². The van der Waals surface area contributed by atoms with Crippen LogP contribution in [0.3, 0.4) is 0 Å². The molecule has 1 aliphatic rings. The van der Waals surface area contributed by atoms with Gasteiger partial charge in [-0.3, -0.25) is 0 Å². The van der Waals surface area contributed by atoms with Crippen LogP contribution in [0.4, 0.5) is 5.82 Å². The molecule has 0 aliphatic carbocycles. The summed E-state index contributed by atoms with van der Waals surface area (Å²) in [4.78, 5) is 0. The molecule has 3 N–H and O–H groups in total. The molecule has 7 heteroatoms. The van der Waals surface area contributed by atoms with Gasteiger partial charge in [-0.1, -0.05) is 18.7 Å². The van der Waals surface area contributed by atoms with Crippen LogP contribution in [0, 0.1) is 3.57 Å². The van der Waals surface area contributed by atoms with Crippen LogP contribution < -0.4 is 20.5 Å². The predicted octanol–water partition coefficient (Wildman–Crippen LogP) is 3.59. The van der Waals surface area contributed by atoms with Crippen LogP contribution in [-0.2, 0) is 6.54 Å². The first-order valence-electron chi connectivity index (χ1n) is 8.53. The minimum absolute atomic E-state index is 0.552. The molecule has 1 aliphatic heterocycles. The maximum Gasteiger partial charge on any atom is 0.161 e. The Morgan fingerprint density at radius 2 is 2.00 bits per heavy atom. The van der Waals surface area contributed by atoms with Gasteiger partial charge in [0.2, 0.25) is 0 Å². The van der Waals surface area contributed by atoms with Gasteiger partial charge in [0.1, 0.15) is 19.0 Å². The highest BCUT2D eigenvalue weighted by atomic mass is 127. The van der Waals surface area contributed by atoms with Gasteiger partial charge in [0.25, 0.3) is 0 Å². The number of anilines is 1. The summed E-state index contributed by atoms with van der Waals surface area (Å²) in [6.45, 7) is 5.87. The summed E-state index contributed by atoms with van der Waals surface area (Å²) in [6, 6.07) is 13.9. The molecule has 2 heterocycles. The van der Waals surface area contributed by atoms with Crippen molar-refractivity contribution >= 4 is 34.1 Å². The SMILES string of the molecule is C=C(NCc1ccc2c(c1)OCCO2)c1cnn(-c2cccc(I)c2)c1N. The lowest BCUT2D eigenvalue weighted by atomic mass is 10.1. The molecule has 0 radical (unpaired) electrons. The Morgan fingerprint density at radius 1 is 1.19 bits per heavy atom. The van der Waals surface area contributed by atoms with Crippen LogP contribution in [-0.4, -0.2) is 23.0 Å². The highest BCUT2D eigenvalue weighted by Gasteiger charge is 2.14. The zero-order valence-electron chi connectivity index (χ0n) is 14.6. The van der Waals surface area contributed by atoms with Gasteiger partial charge in [0, 0.05) is 15.8 Å². The number of fused-ring (bicyclic) bond motifs is 1. The summed E-state index contributed by atoms with van der Waals surface area (Å²) < 4.78 is 14.0. The molecule has 4 rings (SSSR count). The van der Waals surface area contributed by atoms with Crippen molar-refractivity contribution < 1.29 is 9.47 Å². The van der Waals surface area contributed by atoms with Crippen molar-refractivity contribution in [1.29, 1.82) is 0 Å². The molecule has 6 nitrogen and oxygen atoms in total. The van der Waals surface area contributed by atoms with Crippen molar-refractivity contribution in [2.45, 2.75) is 6.54 Å². The second kappa shape index (κ2) is 7.51. The van der Waals surface area contributed by atoms with Gasteiger partial charge < -0.3 is 20.5 Å².